The van der Waals surface area contributed by atoms with E-state index in [0.717, 1.165) is 18.2 Å². The molecule has 0 radical (unpaired) electrons. The minimum absolute atomic E-state index is 0.0751. The van der Waals surface area contributed by atoms with Gasteiger partial charge in [-0.15, -0.1) is 0 Å². The normalized spacial score (nSPS) is 26.3. The number of rotatable bonds is 3. The van der Waals surface area contributed by atoms with Gasteiger partial charge in [0.1, 0.15) is 5.54 Å². The van der Waals surface area contributed by atoms with E-state index in [1.807, 2.05) is 0 Å². The lowest BCUT2D eigenvalue weighted by Gasteiger charge is -2.38. The molecule has 2 rings (SSSR count). The van der Waals surface area contributed by atoms with Crippen molar-refractivity contribution < 1.29 is 9.59 Å². The first-order valence-electron chi connectivity index (χ1n) is 6.60. The SMILES string of the molecule is CC1(C)NC(=O)N(CC2(CBr)CCCCC2)C1=O. The molecule has 0 spiro atoms. The molecule has 3 amide bonds. The number of nitrogens with one attached hydrogen (secondary N) is 1. The molecule has 102 valence electrons. The van der Waals surface area contributed by atoms with Crippen LogP contribution in [0.1, 0.15) is 46.0 Å². The molecule has 1 saturated carbocycles. The van der Waals surface area contributed by atoms with E-state index in [-0.39, 0.29) is 17.4 Å². The zero-order valence-electron chi connectivity index (χ0n) is 11.1. The lowest BCUT2D eigenvalue weighted by molar-refractivity contribution is -0.131. The Balaban J connectivity index is 2.12. The first-order valence-corrected chi connectivity index (χ1v) is 7.72. The number of halogens is 1. The maximum Gasteiger partial charge on any atom is 0.325 e. The first-order chi connectivity index (χ1) is 8.40. The zero-order valence-corrected chi connectivity index (χ0v) is 12.7. The second kappa shape index (κ2) is 4.83. The number of carbonyl (C=O) groups excluding carboxylic acids is 2. The molecule has 0 bridgehead atoms. The summed E-state index contributed by atoms with van der Waals surface area (Å²) < 4.78 is 0. The molecule has 0 aromatic rings. The molecule has 0 atom stereocenters. The van der Waals surface area contributed by atoms with Crippen LogP contribution in [-0.2, 0) is 4.79 Å². The van der Waals surface area contributed by atoms with E-state index in [1.165, 1.54) is 24.2 Å². The number of amides is 3. The Hall–Kier alpha value is -0.580. The van der Waals surface area contributed by atoms with Crippen LogP contribution < -0.4 is 5.32 Å². The number of nitrogens with zero attached hydrogens (tertiary/aromatic N) is 1. The van der Waals surface area contributed by atoms with Gasteiger partial charge in [0.15, 0.2) is 0 Å². The van der Waals surface area contributed by atoms with E-state index in [4.69, 9.17) is 0 Å². The maximum absolute atomic E-state index is 12.2. The van der Waals surface area contributed by atoms with Gasteiger partial charge in [0.2, 0.25) is 0 Å². The van der Waals surface area contributed by atoms with Crippen molar-refractivity contribution in [1.82, 2.24) is 10.2 Å². The Morgan fingerprint density at radius 2 is 1.83 bits per heavy atom. The minimum atomic E-state index is -0.751. The van der Waals surface area contributed by atoms with E-state index < -0.39 is 5.54 Å². The van der Waals surface area contributed by atoms with Crippen molar-refractivity contribution in [3.8, 4) is 0 Å². The number of imide groups is 1. The van der Waals surface area contributed by atoms with Gasteiger partial charge < -0.3 is 5.32 Å². The van der Waals surface area contributed by atoms with Crippen molar-refractivity contribution in [3.05, 3.63) is 0 Å². The van der Waals surface area contributed by atoms with Crippen LogP contribution in [-0.4, -0.2) is 34.3 Å². The molecule has 1 aliphatic heterocycles. The van der Waals surface area contributed by atoms with Crippen molar-refractivity contribution >= 4 is 27.9 Å². The molecule has 1 N–H and O–H groups in total. The van der Waals surface area contributed by atoms with Gasteiger partial charge in [0, 0.05) is 11.9 Å². The Morgan fingerprint density at radius 3 is 2.28 bits per heavy atom. The summed E-state index contributed by atoms with van der Waals surface area (Å²) in [6, 6.07) is -0.240. The molecule has 1 saturated heterocycles. The van der Waals surface area contributed by atoms with Gasteiger partial charge in [-0.25, -0.2) is 4.79 Å². The zero-order chi connectivity index (χ0) is 13.4. The average molecular weight is 317 g/mol. The van der Waals surface area contributed by atoms with Gasteiger partial charge in [-0.1, -0.05) is 35.2 Å². The lowest BCUT2D eigenvalue weighted by Crippen LogP contribution is -2.45. The number of carbonyl (C=O) groups is 2. The van der Waals surface area contributed by atoms with Gasteiger partial charge in [0.05, 0.1) is 0 Å². The van der Waals surface area contributed by atoms with E-state index in [2.05, 4.69) is 21.2 Å². The highest BCUT2D eigenvalue weighted by Crippen LogP contribution is 2.39. The highest BCUT2D eigenvalue weighted by Gasteiger charge is 2.47. The van der Waals surface area contributed by atoms with Crippen LogP contribution in [0, 0.1) is 5.41 Å². The van der Waals surface area contributed by atoms with Crippen LogP contribution >= 0.6 is 15.9 Å². The fraction of sp³-hybridized carbons (Fsp3) is 0.846. The van der Waals surface area contributed by atoms with Crippen LogP contribution in [0.5, 0.6) is 0 Å². The fourth-order valence-electron chi connectivity index (χ4n) is 2.93. The summed E-state index contributed by atoms with van der Waals surface area (Å²) >= 11 is 3.57. The van der Waals surface area contributed by atoms with Crippen molar-refractivity contribution in [3.63, 3.8) is 0 Å². The van der Waals surface area contributed by atoms with Crippen LogP contribution in [0.25, 0.3) is 0 Å². The molecule has 1 heterocycles. The number of hydrogen-bond donors (Lipinski definition) is 1. The standard InChI is InChI=1S/C13H21BrN2O2/c1-12(2)10(17)16(11(18)15-12)9-13(8-14)6-4-3-5-7-13/h3-9H2,1-2H3,(H,15,18). The summed E-state index contributed by atoms with van der Waals surface area (Å²) in [4.78, 5) is 25.5. The Labute approximate surface area is 117 Å². The van der Waals surface area contributed by atoms with E-state index in [0.29, 0.717) is 6.54 Å². The number of hydrogen-bond acceptors (Lipinski definition) is 2. The number of alkyl halides is 1. The summed E-state index contributed by atoms with van der Waals surface area (Å²) in [6.07, 6.45) is 5.84. The summed E-state index contributed by atoms with van der Waals surface area (Å²) in [5, 5.41) is 3.60. The van der Waals surface area contributed by atoms with Gasteiger partial charge >= 0.3 is 6.03 Å². The Morgan fingerprint density at radius 1 is 1.22 bits per heavy atom. The quantitative estimate of drug-likeness (QED) is 0.643. The molecular weight excluding hydrogens is 296 g/mol. The van der Waals surface area contributed by atoms with Crippen molar-refractivity contribution in [2.75, 3.05) is 11.9 Å². The molecule has 0 unspecified atom stereocenters. The van der Waals surface area contributed by atoms with Gasteiger partial charge in [-0.05, 0) is 32.1 Å². The van der Waals surface area contributed by atoms with E-state index in [1.54, 1.807) is 13.8 Å². The average Bonchev–Trinajstić information content (AvgIpc) is 2.53. The molecule has 2 aliphatic rings. The van der Waals surface area contributed by atoms with E-state index in [9.17, 15) is 9.59 Å². The van der Waals surface area contributed by atoms with Crippen LogP contribution in [0.3, 0.4) is 0 Å². The molecule has 1 aliphatic carbocycles. The van der Waals surface area contributed by atoms with Gasteiger partial charge in [-0.3, -0.25) is 9.69 Å². The largest absolute Gasteiger partial charge is 0.325 e. The predicted molar refractivity (Wildman–Crippen MR) is 73.6 cm³/mol. The first kappa shape index (κ1) is 13.8. The third kappa shape index (κ3) is 2.42. The van der Waals surface area contributed by atoms with Crippen molar-refractivity contribution in [2.45, 2.75) is 51.5 Å². The monoisotopic (exact) mass is 316 g/mol. The highest BCUT2D eigenvalue weighted by molar-refractivity contribution is 9.09. The van der Waals surface area contributed by atoms with Crippen LogP contribution in [0.4, 0.5) is 4.79 Å². The molecular formula is C13H21BrN2O2. The second-order valence-corrected chi connectivity index (χ2v) is 6.70. The van der Waals surface area contributed by atoms with E-state index >= 15 is 0 Å². The fourth-order valence-corrected chi connectivity index (χ4v) is 3.67. The summed E-state index contributed by atoms with van der Waals surface area (Å²) in [7, 11) is 0. The van der Waals surface area contributed by atoms with Crippen LogP contribution in [0.15, 0.2) is 0 Å². The third-order valence-electron chi connectivity index (χ3n) is 4.14. The number of urea groups is 1. The molecule has 18 heavy (non-hydrogen) atoms. The maximum atomic E-state index is 12.2. The minimum Gasteiger partial charge on any atom is -0.324 e. The van der Waals surface area contributed by atoms with Crippen molar-refractivity contribution in [1.29, 1.82) is 0 Å². The summed E-state index contributed by atoms with van der Waals surface area (Å²) in [5.74, 6) is -0.0987. The van der Waals surface area contributed by atoms with Crippen molar-refractivity contribution in [2.24, 2.45) is 5.41 Å². The molecule has 0 aromatic carbocycles. The summed E-state index contributed by atoms with van der Waals surface area (Å²) in [5.41, 5.74) is -0.676. The molecule has 0 aromatic heterocycles. The highest BCUT2D eigenvalue weighted by atomic mass is 79.9. The molecule has 5 heteroatoms. The lowest BCUT2D eigenvalue weighted by atomic mass is 9.75. The van der Waals surface area contributed by atoms with Gasteiger partial charge in [0.25, 0.3) is 5.91 Å². The molecule has 2 fully saturated rings. The molecule has 4 nitrogen and oxygen atoms in total. The van der Waals surface area contributed by atoms with Gasteiger partial charge in [-0.2, -0.15) is 0 Å². The van der Waals surface area contributed by atoms with Crippen LogP contribution in [0.2, 0.25) is 0 Å². The topological polar surface area (TPSA) is 49.4 Å². The Bertz CT molecular complexity index is 362. The smallest absolute Gasteiger partial charge is 0.324 e. The second-order valence-electron chi connectivity index (χ2n) is 6.14. The third-order valence-corrected chi connectivity index (χ3v) is 5.33. The predicted octanol–water partition coefficient (Wildman–Crippen LogP) is 2.66. The Kier molecular flexibility index (Phi) is 3.72. The summed E-state index contributed by atoms with van der Waals surface area (Å²) in [6.45, 7) is 4.07.